The smallest absolute Gasteiger partial charge is 0.271 e. The van der Waals surface area contributed by atoms with E-state index >= 15 is 0 Å². The van der Waals surface area contributed by atoms with E-state index in [1.54, 1.807) is 35.7 Å². The molecule has 3 N–H and O–H groups in total. The molecule has 34 heavy (non-hydrogen) atoms. The number of thiophene rings is 1. The molecule has 0 aliphatic heterocycles. The van der Waals surface area contributed by atoms with Crippen molar-refractivity contribution < 1.29 is 13.2 Å². The number of amides is 1. The van der Waals surface area contributed by atoms with Crippen molar-refractivity contribution in [2.75, 3.05) is 4.72 Å². The molecule has 1 amide bonds. The number of hydrogen-bond acceptors (Lipinski definition) is 5. The zero-order valence-electron chi connectivity index (χ0n) is 18.1. The summed E-state index contributed by atoms with van der Waals surface area (Å²) in [4.78, 5) is 12.7. The number of carbonyl (C=O) groups excluding carboxylic acids is 1. The van der Waals surface area contributed by atoms with Crippen LogP contribution in [0.4, 0.5) is 5.69 Å². The Morgan fingerprint density at radius 3 is 2.12 bits per heavy atom. The van der Waals surface area contributed by atoms with Gasteiger partial charge in [-0.2, -0.15) is 0 Å². The number of allylic oxidation sites excluding steroid dienone is 1. The summed E-state index contributed by atoms with van der Waals surface area (Å²) in [6.45, 7) is 0. The van der Waals surface area contributed by atoms with Crippen LogP contribution < -0.4 is 15.6 Å². The van der Waals surface area contributed by atoms with Gasteiger partial charge in [0.25, 0.3) is 15.9 Å². The molecular formula is C26H23N3O3S2. The van der Waals surface area contributed by atoms with E-state index in [0.717, 1.165) is 28.2 Å². The average molecular weight is 490 g/mol. The molecule has 0 saturated carbocycles. The van der Waals surface area contributed by atoms with Crippen molar-refractivity contribution in [2.24, 2.45) is 0 Å². The Hall–Kier alpha value is -3.88. The molecule has 3 aromatic carbocycles. The fourth-order valence-electron chi connectivity index (χ4n) is 3.22. The Bertz CT molecular complexity index is 1350. The normalized spacial score (nSPS) is 11.6. The Kier molecular flexibility index (Phi) is 7.41. The molecule has 4 rings (SSSR count). The van der Waals surface area contributed by atoms with Crippen LogP contribution in [-0.2, 0) is 16.4 Å². The number of sulfonamides is 1. The summed E-state index contributed by atoms with van der Waals surface area (Å²) in [5.74, 6) is -0.334. The van der Waals surface area contributed by atoms with E-state index in [1.807, 2.05) is 66.7 Å². The SMILES string of the molecule is O=C(NN/C(=C\c1ccccc1)Cc1ccccc1)c1ccc(NS(=O)(=O)c2cccs2)cc1. The van der Waals surface area contributed by atoms with Gasteiger partial charge in [-0.25, -0.2) is 8.42 Å². The average Bonchev–Trinajstić information content (AvgIpc) is 3.40. The lowest BCUT2D eigenvalue weighted by atomic mass is 10.1. The quantitative estimate of drug-likeness (QED) is 0.287. The first kappa shape index (κ1) is 23.3. The number of anilines is 1. The van der Waals surface area contributed by atoms with Crippen molar-refractivity contribution in [3.63, 3.8) is 0 Å². The van der Waals surface area contributed by atoms with Gasteiger partial charge in [0.2, 0.25) is 0 Å². The monoisotopic (exact) mass is 489 g/mol. The Morgan fingerprint density at radius 2 is 1.47 bits per heavy atom. The maximum Gasteiger partial charge on any atom is 0.271 e. The van der Waals surface area contributed by atoms with E-state index in [-0.39, 0.29) is 10.1 Å². The molecule has 0 aliphatic rings. The summed E-state index contributed by atoms with van der Waals surface area (Å²) < 4.78 is 27.5. The lowest BCUT2D eigenvalue weighted by molar-refractivity contribution is 0.0938. The van der Waals surface area contributed by atoms with Crippen LogP contribution in [0, 0.1) is 0 Å². The van der Waals surface area contributed by atoms with Gasteiger partial charge < -0.3 is 5.43 Å². The van der Waals surface area contributed by atoms with Crippen LogP contribution in [0.2, 0.25) is 0 Å². The second-order valence-electron chi connectivity index (χ2n) is 7.44. The van der Waals surface area contributed by atoms with Gasteiger partial charge in [0.05, 0.1) is 0 Å². The van der Waals surface area contributed by atoms with Crippen molar-refractivity contribution >= 4 is 39.0 Å². The first-order valence-electron chi connectivity index (χ1n) is 10.5. The minimum absolute atomic E-state index is 0.231. The number of benzene rings is 3. The standard InChI is InChI=1S/C26H23N3O3S2/c30-26(22-13-15-23(16-14-22)29-34(31,32)25-12-7-17-33-25)28-27-24(18-20-8-3-1-4-9-20)19-21-10-5-2-6-11-21/h1-18,27,29H,19H2,(H,28,30)/b24-18-. The van der Waals surface area contributed by atoms with Gasteiger partial charge in [-0.15, -0.1) is 11.3 Å². The molecule has 172 valence electrons. The highest BCUT2D eigenvalue weighted by Crippen LogP contribution is 2.20. The van der Waals surface area contributed by atoms with Crippen LogP contribution in [0.3, 0.4) is 0 Å². The molecule has 0 spiro atoms. The van der Waals surface area contributed by atoms with E-state index < -0.39 is 10.0 Å². The summed E-state index contributed by atoms with van der Waals surface area (Å²) in [6, 6.07) is 29.3. The Balaban J connectivity index is 1.42. The first-order valence-corrected chi connectivity index (χ1v) is 12.9. The van der Waals surface area contributed by atoms with E-state index in [0.29, 0.717) is 17.7 Å². The van der Waals surface area contributed by atoms with E-state index in [2.05, 4.69) is 15.6 Å². The molecule has 6 nitrogen and oxygen atoms in total. The molecule has 4 aromatic rings. The molecule has 0 aliphatic carbocycles. The van der Waals surface area contributed by atoms with Gasteiger partial charge in [-0.1, -0.05) is 66.7 Å². The van der Waals surface area contributed by atoms with E-state index in [1.165, 1.54) is 6.07 Å². The van der Waals surface area contributed by atoms with Crippen molar-refractivity contribution in [3.05, 3.63) is 125 Å². The molecule has 0 radical (unpaired) electrons. The van der Waals surface area contributed by atoms with Crippen LogP contribution in [0.15, 0.2) is 112 Å². The maximum absolute atomic E-state index is 12.7. The fraction of sp³-hybridized carbons (Fsp3) is 0.0385. The summed E-state index contributed by atoms with van der Waals surface area (Å²) in [6.07, 6.45) is 2.59. The van der Waals surface area contributed by atoms with Gasteiger partial charge in [-0.3, -0.25) is 14.9 Å². The number of hydrogen-bond donors (Lipinski definition) is 3. The Labute approximate surface area is 203 Å². The second-order valence-corrected chi connectivity index (χ2v) is 10.3. The second kappa shape index (κ2) is 10.8. The number of carbonyl (C=O) groups is 1. The van der Waals surface area contributed by atoms with Gasteiger partial charge >= 0.3 is 0 Å². The van der Waals surface area contributed by atoms with E-state index in [9.17, 15) is 13.2 Å². The van der Waals surface area contributed by atoms with Crippen molar-refractivity contribution in [3.8, 4) is 0 Å². The summed E-state index contributed by atoms with van der Waals surface area (Å²) >= 11 is 1.14. The number of hydrazine groups is 1. The third kappa shape index (κ3) is 6.34. The molecule has 0 saturated heterocycles. The summed E-state index contributed by atoms with van der Waals surface area (Å²) in [5, 5.41) is 1.70. The van der Waals surface area contributed by atoms with Crippen LogP contribution >= 0.6 is 11.3 Å². The topological polar surface area (TPSA) is 87.3 Å². The molecular weight excluding hydrogens is 466 g/mol. The number of rotatable bonds is 9. The predicted octanol–water partition coefficient (Wildman–Crippen LogP) is 5.07. The van der Waals surface area contributed by atoms with Crippen LogP contribution in [0.5, 0.6) is 0 Å². The third-order valence-electron chi connectivity index (χ3n) is 4.87. The highest BCUT2D eigenvalue weighted by Gasteiger charge is 2.15. The van der Waals surface area contributed by atoms with Crippen molar-refractivity contribution in [2.45, 2.75) is 10.6 Å². The highest BCUT2D eigenvalue weighted by molar-refractivity contribution is 7.94. The van der Waals surface area contributed by atoms with Crippen LogP contribution in [-0.4, -0.2) is 14.3 Å². The lowest BCUT2D eigenvalue weighted by Gasteiger charge is -2.13. The third-order valence-corrected chi connectivity index (χ3v) is 7.65. The van der Waals surface area contributed by atoms with E-state index in [4.69, 9.17) is 0 Å². The lowest BCUT2D eigenvalue weighted by Crippen LogP contribution is -2.37. The molecule has 1 heterocycles. The van der Waals surface area contributed by atoms with Gasteiger partial charge in [-0.05, 0) is 52.9 Å². The summed E-state index contributed by atoms with van der Waals surface area (Å²) in [5.41, 5.74) is 9.49. The Morgan fingerprint density at radius 1 is 0.794 bits per heavy atom. The van der Waals surface area contributed by atoms with Crippen molar-refractivity contribution in [1.82, 2.24) is 10.9 Å². The molecule has 0 fully saturated rings. The minimum atomic E-state index is -3.64. The van der Waals surface area contributed by atoms with Crippen LogP contribution in [0.25, 0.3) is 6.08 Å². The molecule has 0 bridgehead atoms. The highest BCUT2D eigenvalue weighted by atomic mass is 32.2. The molecule has 8 heteroatoms. The molecule has 1 aromatic heterocycles. The first-order chi connectivity index (χ1) is 16.5. The van der Waals surface area contributed by atoms with Crippen molar-refractivity contribution in [1.29, 1.82) is 0 Å². The largest absolute Gasteiger partial charge is 0.302 e. The number of nitrogens with one attached hydrogen (secondary N) is 3. The van der Waals surface area contributed by atoms with Gasteiger partial charge in [0, 0.05) is 23.4 Å². The fourth-order valence-corrected chi connectivity index (χ4v) is 5.27. The summed E-state index contributed by atoms with van der Waals surface area (Å²) in [7, 11) is -3.64. The van der Waals surface area contributed by atoms with Crippen LogP contribution in [0.1, 0.15) is 21.5 Å². The van der Waals surface area contributed by atoms with Gasteiger partial charge in [0.15, 0.2) is 0 Å². The minimum Gasteiger partial charge on any atom is -0.302 e. The molecule has 0 atom stereocenters. The van der Waals surface area contributed by atoms with Gasteiger partial charge in [0.1, 0.15) is 4.21 Å². The predicted molar refractivity (Wildman–Crippen MR) is 137 cm³/mol. The zero-order chi connectivity index (χ0) is 23.8. The zero-order valence-corrected chi connectivity index (χ0v) is 19.8. The maximum atomic E-state index is 12.7. The molecule has 0 unspecified atom stereocenters.